The highest BCUT2D eigenvalue weighted by atomic mass is 15.3. The smallest absolute Gasteiger partial charge is 0.147 e. The number of aryl methyl sites for hydroxylation is 1. The Hall–Kier alpha value is -0.940. The van der Waals surface area contributed by atoms with Crippen molar-refractivity contribution < 1.29 is 0 Å². The van der Waals surface area contributed by atoms with Crippen molar-refractivity contribution in [3.05, 3.63) is 11.6 Å². The Labute approximate surface area is 128 Å². The molecule has 1 aromatic rings. The molecule has 1 atom stereocenters. The van der Waals surface area contributed by atoms with E-state index in [-0.39, 0.29) is 0 Å². The first-order chi connectivity index (χ1) is 10.3. The van der Waals surface area contributed by atoms with Crippen molar-refractivity contribution in [1.29, 1.82) is 0 Å². The number of piperidine rings is 1. The largest absolute Gasteiger partial charge is 0.314 e. The van der Waals surface area contributed by atoms with E-state index < -0.39 is 0 Å². The maximum Gasteiger partial charge on any atom is 0.147 e. The second kappa shape index (κ2) is 6.88. The molecule has 0 radical (unpaired) electrons. The number of hydrogen-bond donors (Lipinski definition) is 0. The molecule has 0 spiro atoms. The summed E-state index contributed by atoms with van der Waals surface area (Å²) < 4.78 is 2.23. The molecule has 5 heteroatoms. The van der Waals surface area contributed by atoms with Crippen LogP contribution in [0.2, 0.25) is 0 Å². The molecule has 21 heavy (non-hydrogen) atoms. The van der Waals surface area contributed by atoms with Crippen LogP contribution >= 0.6 is 0 Å². The van der Waals surface area contributed by atoms with Gasteiger partial charge in [-0.25, -0.2) is 0 Å². The molecule has 2 fully saturated rings. The summed E-state index contributed by atoms with van der Waals surface area (Å²) in [5.74, 6) is 3.02. The van der Waals surface area contributed by atoms with E-state index in [4.69, 9.17) is 0 Å². The molecule has 5 nitrogen and oxygen atoms in total. The summed E-state index contributed by atoms with van der Waals surface area (Å²) in [5.41, 5.74) is 0. The van der Waals surface area contributed by atoms with E-state index in [1.807, 2.05) is 6.92 Å². The Morgan fingerprint density at radius 2 is 1.86 bits per heavy atom. The van der Waals surface area contributed by atoms with Gasteiger partial charge in [-0.15, -0.1) is 10.2 Å². The molecule has 0 aromatic carbocycles. The predicted molar refractivity (Wildman–Crippen MR) is 84.1 cm³/mol. The number of hydrogen-bond acceptors (Lipinski definition) is 4. The lowest BCUT2D eigenvalue weighted by molar-refractivity contribution is 0.192. The standard InChI is InChI=1S/C16H29N5/c1-3-21-14(2)17-18-16(21)13-20-10-7-15(12-20)11-19-8-5-4-6-9-19/h15H,3-13H2,1-2H3/t15-/m0/s1. The minimum Gasteiger partial charge on any atom is -0.314 e. The average Bonchev–Trinajstić information content (AvgIpc) is 3.07. The molecule has 2 aliphatic rings. The highest BCUT2D eigenvalue weighted by Gasteiger charge is 2.26. The molecule has 0 amide bonds. The van der Waals surface area contributed by atoms with Gasteiger partial charge in [0.1, 0.15) is 11.6 Å². The van der Waals surface area contributed by atoms with Gasteiger partial charge in [0.2, 0.25) is 0 Å². The molecule has 3 rings (SSSR count). The fourth-order valence-corrected chi connectivity index (χ4v) is 3.87. The number of nitrogens with zero attached hydrogens (tertiary/aromatic N) is 5. The van der Waals surface area contributed by atoms with Gasteiger partial charge < -0.3 is 9.47 Å². The van der Waals surface area contributed by atoms with E-state index in [1.165, 1.54) is 58.4 Å². The summed E-state index contributed by atoms with van der Waals surface area (Å²) in [7, 11) is 0. The quantitative estimate of drug-likeness (QED) is 0.830. The third-order valence-electron chi connectivity index (χ3n) is 5.03. The van der Waals surface area contributed by atoms with Crippen LogP contribution in [-0.2, 0) is 13.1 Å². The lowest BCUT2D eigenvalue weighted by atomic mass is 10.1. The van der Waals surface area contributed by atoms with Gasteiger partial charge in [-0.2, -0.15) is 0 Å². The molecular weight excluding hydrogens is 262 g/mol. The first-order valence-electron chi connectivity index (χ1n) is 8.59. The van der Waals surface area contributed by atoms with E-state index >= 15 is 0 Å². The average molecular weight is 291 g/mol. The Kier molecular flexibility index (Phi) is 4.91. The molecule has 0 unspecified atom stereocenters. The molecule has 2 aliphatic heterocycles. The Morgan fingerprint density at radius 3 is 2.62 bits per heavy atom. The molecule has 2 saturated heterocycles. The number of rotatable bonds is 5. The summed E-state index contributed by atoms with van der Waals surface area (Å²) in [6.45, 7) is 12.5. The van der Waals surface area contributed by atoms with Crippen molar-refractivity contribution in [2.24, 2.45) is 5.92 Å². The van der Waals surface area contributed by atoms with Crippen molar-refractivity contribution in [2.45, 2.75) is 52.6 Å². The van der Waals surface area contributed by atoms with E-state index in [0.29, 0.717) is 0 Å². The van der Waals surface area contributed by atoms with Gasteiger partial charge in [-0.05, 0) is 58.7 Å². The monoisotopic (exact) mass is 291 g/mol. The molecule has 0 bridgehead atoms. The number of aromatic nitrogens is 3. The number of likely N-dealkylation sites (tertiary alicyclic amines) is 2. The van der Waals surface area contributed by atoms with E-state index in [2.05, 4.69) is 31.5 Å². The van der Waals surface area contributed by atoms with Crippen molar-refractivity contribution >= 4 is 0 Å². The van der Waals surface area contributed by atoms with Crippen molar-refractivity contribution in [2.75, 3.05) is 32.7 Å². The molecule has 0 aliphatic carbocycles. The minimum atomic E-state index is 0.849. The van der Waals surface area contributed by atoms with E-state index in [1.54, 1.807) is 0 Å². The van der Waals surface area contributed by atoms with Crippen LogP contribution in [0.5, 0.6) is 0 Å². The van der Waals surface area contributed by atoms with Crippen molar-refractivity contribution in [1.82, 2.24) is 24.6 Å². The zero-order valence-electron chi connectivity index (χ0n) is 13.6. The maximum atomic E-state index is 4.35. The molecular formula is C16H29N5. The van der Waals surface area contributed by atoms with Gasteiger partial charge in [-0.3, -0.25) is 4.90 Å². The normalized spacial score (nSPS) is 24.8. The highest BCUT2D eigenvalue weighted by molar-refractivity contribution is 4.95. The molecule has 1 aromatic heterocycles. The molecule has 3 heterocycles. The first kappa shape index (κ1) is 15.0. The molecule has 0 N–H and O–H groups in total. The predicted octanol–water partition coefficient (Wildman–Crippen LogP) is 1.91. The summed E-state index contributed by atoms with van der Waals surface area (Å²) in [4.78, 5) is 5.24. The van der Waals surface area contributed by atoms with Crippen LogP contribution in [0, 0.1) is 12.8 Å². The van der Waals surface area contributed by atoms with Crippen LogP contribution in [0.25, 0.3) is 0 Å². The first-order valence-corrected chi connectivity index (χ1v) is 8.59. The van der Waals surface area contributed by atoms with Crippen molar-refractivity contribution in [3.63, 3.8) is 0 Å². The Balaban J connectivity index is 1.50. The van der Waals surface area contributed by atoms with Gasteiger partial charge in [0.15, 0.2) is 0 Å². The minimum absolute atomic E-state index is 0.849. The van der Waals surface area contributed by atoms with Crippen LogP contribution in [0.1, 0.15) is 44.3 Å². The van der Waals surface area contributed by atoms with Gasteiger partial charge >= 0.3 is 0 Å². The lowest BCUT2D eigenvalue weighted by Crippen LogP contribution is -2.35. The highest BCUT2D eigenvalue weighted by Crippen LogP contribution is 2.21. The van der Waals surface area contributed by atoms with Crippen LogP contribution in [0.4, 0.5) is 0 Å². The third kappa shape index (κ3) is 3.64. The Bertz CT molecular complexity index is 450. The molecule has 0 saturated carbocycles. The topological polar surface area (TPSA) is 37.2 Å². The third-order valence-corrected chi connectivity index (χ3v) is 5.03. The van der Waals surface area contributed by atoms with E-state index in [9.17, 15) is 0 Å². The summed E-state index contributed by atoms with van der Waals surface area (Å²) in [6.07, 6.45) is 5.57. The van der Waals surface area contributed by atoms with Crippen LogP contribution in [-0.4, -0.2) is 57.3 Å². The van der Waals surface area contributed by atoms with Gasteiger partial charge in [-0.1, -0.05) is 6.42 Å². The van der Waals surface area contributed by atoms with Gasteiger partial charge in [0.05, 0.1) is 6.54 Å². The van der Waals surface area contributed by atoms with Gasteiger partial charge in [0.25, 0.3) is 0 Å². The Morgan fingerprint density at radius 1 is 1.05 bits per heavy atom. The van der Waals surface area contributed by atoms with Crippen LogP contribution in [0.3, 0.4) is 0 Å². The molecule has 118 valence electrons. The van der Waals surface area contributed by atoms with Crippen LogP contribution in [0.15, 0.2) is 0 Å². The van der Waals surface area contributed by atoms with Gasteiger partial charge in [0, 0.05) is 19.6 Å². The second-order valence-electron chi connectivity index (χ2n) is 6.66. The summed E-state index contributed by atoms with van der Waals surface area (Å²) in [6, 6.07) is 0. The fourth-order valence-electron chi connectivity index (χ4n) is 3.87. The summed E-state index contributed by atoms with van der Waals surface area (Å²) >= 11 is 0. The maximum absolute atomic E-state index is 4.35. The zero-order chi connectivity index (χ0) is 14.7. The van der Waals surface area contributed by atoms with Crippen LogP contribution < -0.4 is 0 Å². The lowest BCUT2D eigenvalue weighted by Gasteiger charge is -2.29. The zero-order valence-corrected chi connectivity index (χ0v) is 13.6. The SMILES string of the molecule is CCn1c(C)nnc1CN1CC[C@@H](CN2CCCCC2)C1. The fraction of sp³-hybridized carbons (Fsp3) is 0.875. The summed E-state index contributed by atoms with van der Waals surface area (Å²) in [5, 5.41) is 8.57. The van der Waals surface area contributed by atoms with E-state index in [0.717, 1.165) is 30.7 Å². The van der Waals surface area contributed by atoms with Crippen molar-refractivity contribution in [3.8, 4) is 0 Å². The second-order valence-corrected chi connectivity index (χ2v) is 6.66.